The lowest BCUT2D eigenvalue weighted by Gasteiger charge is -2.16. The first kappa shape index (κ1) is 11.7. The van der Waals surface area contributed by atoms with Crippen LogP contribution in [0.2, 0.25) is 0 Å². The fourth-order valence-corrected chi connectivity index (χ4v) is 2.22. The molecule has 0 aliphatic rings. The minimum atomic E-state index is 0.387. The minimum absolute atomic E-state index is 0.387. The molecule has 1 atom stereocenters. The van der Waals surface area contributed by atoms with Crippen LogP contribution in [-0.4, -0.2) is 16.8 Å². The van der Waals surface area contributed by atoms with E-state index < -0.39 is 0 Å². The SMILES string of the molecule is CCCn1ncc(Br)c1C(CC)NC. The molecule has 1 rings (SSSR count). The van der Waals surface area contributed by atoms with E-state index >= 15 is 0 Å². The zero-order valence-corrected chi connectivity index (χ0v) is 10.6. The van der Waals surface area contributed by atoms with E-state index in [1.165, 1.54) is 5.69 Å². The summed E-state index contributed by atoms with van der Waals surface area (Å²) in [7, 11) is 1.99. The summed E-state index contributed by atoms with van der Waals surface area (Å²) in [6.45, 7) is 5.33. The fourth-order valence-electron chi connectivity index (χ4n) is 1.64. The Bertz CT molecular complexity index is 279. The molecule has 0 radical (unpaired) electrons. The van der Waals surface area contributed by atoms with Crippen LogP contribution in [0.25, 0.3) is 0 Å². The molecule has 14 heavy (non-hydrogen) atoms. The molecule has 3 nitrogen and oxygen atoms in total. The van der Waals surface area contributed by atoms with Crippen molar-refractivity contribution >= 4 is 15.9 Å². The number of hydrogen-bond donors (Lipinski definition) is 1. The van der Waals surface area contributed by atoms with Crippen LogP contribution in [0.15, 0.2) is 10.7 Å². The first-order valence-corrected chi connectivity index (χ1v) is 5.92. The molecule has 0 amide bonds. The Kier molecular flexibility index (Phi) is 4.62. The summed E-state index contributed by atoms with van der Waals surface area (Å²) in [5.41, 5.74) is 1.26. The average Bonchev–Trinajstić information content (AvgIpc) is 2.53. The third-order valence-corrected chi connectivity index (χ3v) is 2.97. The quantitative estimate of drug-likeness (QED) is 0.882. The second-order valence-electron chi connectivity index (χ2n) is 3.35. The van der Waals surface area contributed by atoms with Crippen LogP contribution in [0.1, 0.15) is 38.4 Å². The van der Waals surface area contributed by atoms with Crippen molar-refractivity contribution < 1.29 is 0 Å². The number of hydrogen-bond acceptors (Lipinski definition) is 2. The van der Waals surface area contributed by atoms with E-state index in [4.69, 9.17) is 0 Å². The Morgan fingerprint density at radius 1 is 1.57 bits per heavy atom. The highest BCUT2D eigenvalue weighted by atomic mass is 79.9. The Morgan fingerprint density at radius 2 is 2.29 bits per heavy atom. The molecule has 1 N–H and O–H groups in total. The third kappa shape index (κ3) is 2.36. The summed E-state index contributed by atoms with van der Waals surface area (Å²) in [5.74, 6) is 0. The van der Waals surface area contributed by atoms with Gasteiger partial charge in [-0.05, 0) is 35.8 Å². The number of nitrogens with zero attached hydrogens (tertiary/aromatic N) is 2. The van der Waals surface area contributed by atoms with Crippen molar-refractivity contribution in [1.82, 2.24) is 15.1 Å². The van der Waals surface area contributed by atoms with E-state index in [2.05, 4.69) is 44.9 Å². The first-order valence-electron chi connectivity index (χ1n) is 5.13. The van der Waals surface area contributed by atoms with Crippen LogP contribution in [0.4, 0.5) is 0 Å². The van der Waals surface area contributed by atoms with E-state index in [1.54, 1.807) is 0 Å². The lowest BCUT2D eigenvalue weighted by molar-refractivity contribution is 0.488. The first-order chi connectivity index (χ1) is 6.74. The number of aromatic nitrogens is 2. The lowest BCUT2D eigenvalue weighted by atomic mass is 10.1. The standard InChI is InChI=1S/C10H18BrN3/c1-4-6-14-10(8(11)7-13-14)9(5-2)12-3/h7,9,12H,4-6H2,1-3H3. The van der Waals surface area contributed by atoms with Crippen molar-refractivity contribution in [1.29, 1.82) is 0 Å². The van der Waals surface area contributed by atoms with Gasteiger partial charge in [0.15, 0.2) is 0 Å². The Morgan fingerprint density at radius 3 is 2.79 bits per heavy atom. The van der Waals surface area contributed by atoms with E-state index in [-0.39, 0.29) is 0 Å². The van der Waals surface area contributed by atoms with E-state index in [1.807, 2.05) is 13.2 Å². The number of halogens is 1. The van der Waals surface area contributed by atoms with Crippen LogP contribution in [0, 0.1) is 0 Å². The summed E-state index contributed by atoms with van der Waals surface area (Å²) in [6, 6.07) is 0.387. The van der Waals surface area contributed by atoms with E-state index in [0.29, 0.717) is 6.04 Å². The number of nitrogens with one attached hydrogen (secondary N) is 1. The molecular weight excluding hydrogens is 242 g/mol. The summed E-state index contributed by atoms with van der Waals surface area (Å²) < 4.78 is 3.18. The highest BCUT2D eigenvalue weighted by molar-refractivity contribution is 9.10. The van der Waals surface area contributed by atoms with Crippen molar-refractivity contribution in [2.45, 2.75) is 39.3 Å². The third-order valence-electron chi connectivity index (χ3n) is 2.36. The molecule has 1 unspecified atom stereocenters. The Labute approximate surface area is 94.0 Å². The molecule has 0 bridgehead atoms. The summed E-state index contributed by atoms with van der Waals surface area (Å²) >= 11 is 3.55. The van der Waals surface area contributed by atoms with Gasteiger partial charge in [0.1, 0.15) is 0 Å². The van der Waals surface area contributed by atoms with Crippen molar-refractivity contribution in [3.05, 3.63) is 16.4 Å². The molecule has 1 aromatic heterocycles. The Balaban J connectivity index is 2.96. The van der Waals surface area contributed by atoms with Gasteiger partial charge in [0.2, 0.25) is 0 Å². The molecule has 0 aromatic carbocycles. The van der Waals surface area contributed by atoms with Gasteiger partial charge >= 0.3 is 0 Å². The normalized spacial score (nSPS) is 13.1. The molecular formula is C10H18BrN3. The second-order valence-corrected chi connectivity index (χ2v) is 4.20. The van der Waals surface area contributed by atoms with Gasteiger partial charge in [0.25, 0.3) is 0 Å². The maximum absolute atomic E-state index is 4.35. The van der Waals surface area contributed by atoms with Gasteiger partial charge in [-0.3, -0.25) is 4.68 Å². The van der Waals surface area contributed by atoms with Crippen LogP contribution in [-0.2, 0) is 6.54 Å². The molecule has 0 aliphatic heterocycles. The molecule has 0 fully saturated rings. The van der Waals surface area contributed by atoms with Gasteiger partial charge in [0.05, 0.1) is 16.4 Å². The summed E-state index contributed by atoms with van der Waals surface area (Å²) in [5, 5.41) is 7.65. The zero-order valence-electron chi connectivity index (χ0n) is 9.05. The van der Waals surface area contributed by atoms with Crippen LogP contribution in [0.3, 0.4) is 0 Å². The predicted octanol–water partition coefficient (Wildman–Crippen LogP) is 2.73. The molecule has 1 heterocycles. The second kappa shape index (κ2) is 5.51. The van der Waals surface area contributed by atoms with Gasteiger partial charge in [-0.2, -0.15) is 5.10 Å². The molecule has 0 aliphatic carbocycles. The zero-order chi connectivity index (χ0) is 10.6. The predicted molar refractivity (Wildman–Crippen MR) is 62.3 cm³/mol. The number of rotatable bonds is 5. The summed E-state index contributed by atoms with van der Waals surface area (Å²) in [6.07, 6.45) is 4.07. The van der Waals surface area contributed by atoms with Gasteiger partial charge in [-0.25, -0.2) is 0 Å². The smallest absolute Gasteiger partial charge is 0.0695 e. The van der Waals surface area contributed by atoms with Crippen molar-refractivity contribution in [3.63, 3.8) is 0 Å². The van der Waals surface area contributed by atoms with Gasteiger partial charge in [-0.15, -0.1) is 0 Å². The maximum atomic E-state index is 4.35. The Hall–Kier alpha value is -0.350. The topological polar surface area (TPSA) is 29.9 Å². The van der Waals surface area contributed by atoms with E-state index in [0.717, 1.165) is 23.9 Å². The van der Waals surface area contributed by atoms with Gasteiger partial charge in [-0.1, -0.05) is 13.8 Å². The molecule has 4 heteroatoms. The number of aryl methyl sites for hydroxylation is 1. The van der Waals surface area contributed by atoms with Crippen LogP contribution < -0.4 is 5.32 Å². The molecule has 0 saturated carbocycles. The van der Waals surface area contributed by atoms with Crippen molar-refractivity contribution in [3.8, 4) is 0 Å². The minimum Gasteiger partial charge on any atom is -0.312 e. The van der Waals surface area contributed by atoms with Crippen LogP contribution in [0.5, 0.6) is 0 Å². The van der Waals surface area contributed by atoms with Crippen molar-refractivity contribution in [2.75, 3.05) is 7.05 Å². The van der Waals surface area contributed by atoms with Gasteiger partial charge < -0.3 is 5.32 Å². The molecule has 0 spiro atoms. The monoisotopic (exact) mass is 259 g/mol. The van der Waals surface area contributed by atoms with Crippen molar-refractivity contribution in [2.24, 2.45) is 0 Å². The maximum Gasteiger partial charge on any atom is 0.0695 e. The average molecular weight is 260 g/mol. The molecule has 80 valence electrons. The highest BCUT2D eigenvalue weighted by Crippen LogP contribution is 2.25. The highest BCUT2D eigenvalue weighted by Gasteiger charge is 2.16. The molecule has 1 aromatic rings. The van der Waals surface area contributed by atoms with E-state index in [9.17, 15) is 0 Å². The lowest BCUT2D eigenvalue weighted by Crippen LogP contribution is -2.20. The largest absolute Gasteiger partial charge is 0.312 e. The van der Waals surface area contributed by atoms with Gasteiger partial charge in [0, 0.05) is 12.6 Å². The molecule has 0 saturated heterocycles. The fraction of sp³-hybridized carbons (Fsp3) is 0.700. The summed E-state index contributed by atoms with van der Waals surface area (Å²) in [4.78, 5) is 0. The van der Waals surface area contributed by atoms with Crippen LogP contribution >= 0.6 is 15.9 Å².